The van der Waals surface area contributed by atoms with E-state index >= 15 is 0 Å². The smallest absolute Gasteiger partial charge is 0.333 e. The third kappa shape index (κ3) is 4.20. The number of anilines is 5. The van der Waals surface area contributed by atoms with Gasteiger partial charge in [0.1, 0.15) is 0 Å². The lowest BCUT2D eigenvalue weighted by molar-refractivity contribution is 0.360. The van der Waals surface area contributed by atoms with Crippen molar-refractivity contribution < 1.29 is 9.47 Å². The fraction of sp³-hybridized carbons (Fsp3) is 0.0588. The summed E-state index contributed by atoms with van der Waals surface area (Å²) in [5, 5.41) is 0. The van der Waals surface area contributed by atoms with Crippen molar-refractivity contribution in [3.05, 3.63) is 175 Å². The van der Waals surface area contributed by atoms with Gasteiger partial charge in [0.15, 0.2) is 23.0 Å². The van der Waals surface area contributed by atoms with Crippen LogP contribution in [0.15, 0.2) is 174 Å². The molecule has 4 heterocycles. The molecule has 4 nitrogen and oxygen atoms in total. The Morgan fingerprint density at radius 3 is 2.02 bits per heavy atom. The highest BCUT2D eigenvalue weighted by atomic mass is 32.2. The molecule has 0 fully saturated rings. The van der Waals surface area contributed by atoms with Crippen molar-refractivity contribution in [2.45, 2.75) is 29.1 Å². The molecule has 1 aliphatic carbocycles. The highest BCUT2D eigenvalue weighted by Gasteiger charge is 2.51. The highest BCUT2D eigenvalue weighted by molar-refractivity contribution is 7.99. The van der Waals surface area contributed by atoms with Crippen LogP contribution in [0.3, 0.4) is 0 Å². The molecular formula is C51H33BN2O2S. The van der Waals surface area contributed by atoms with Crippen LogP contribution < -0.4 is 30.1 Å². The number of benzene rings is 8. The molecule has 0 radical (unpaired) electrons. The van der Waals surface area contributed by atoms with Gasteiger partial charge in [0.25, 0.3) is 0 Å². The van der Waals surface area contributed by atoms with E-state index in [2.05, 4.69) is 163 Å². The fourth-order valence-corrected chi connectivity index (χ4v) is 11.3. The van der Waals surface area contributed by atoms with Gasteiger partial charge in [-0.05, 0) is 104 Å². The zero-order chi connectivity index (χ0) is 37.6. The van der Waals surface area contributed by atoms with Crippen LogP contribution in [0, 0.1) is 0 Å². The van der Waals surface area contributed by atoms with Crippen molar-refractivity contribution in [2.75, 3.05) is 9.71 Å². The summed E-state index contributed by atoms with van der Waals surface area (Å²) in [6.45, 7) is 4.70. The molecule has 0 bridgehead atoms. The summed E-state index contributed by atoms with van der Waals surface area (Å²) >= 11 is 1.88. The average molecular weight is 749 g/mol. The summed E-state index contributed by atoms with van der Waals surface area (Å²) in [6.07, 6.45) is 0. The van der Waals surface area contributed by atoms with Crippen LogP contribution in [0.1, 0.15) is 25.0 Å². The SMILES string of the molecule is CC1(C)c2ccccc2-c2cc3c4c(c21)N1c2ccccc2Sc2cccc(c21)B4N(c1ccc(-c2ccccc2)cc1)c1cc2c(cc1-3)Oc1ccccc1O2. The first-order valence-electron chi connectivity index (χ1n) is 19.6. The van der Waals surface area contributed by atoms with Crippen LogP contribution in [0.25, 0.3) is 33.4 Å². The van der Waals surface area contributed by atoms with Crippen LogP contribution in [-0.4, -0.2) is 6.85 Å². The van der Waals surface area contributed by atoms with Crippen LogP contribution in [-0.2, 0) is 5.41 Å². The van der Waals surface area contributed by atoms with Crippen molar-refractivity contribution >= 4 is 58.0 Å². The number of hydrogen-bond donors (Lipinski definition) is 0. The van der Waals surface area contributed by atoms with E-state index in [0.717, 1.165) is 34.2 Å². The van der Waals surface area contributed by atoms with Gasteiger partial charge in [-0.15, -0.1) is 0 Å². The van der Waals surface area contributed by atoms with E-state index < -0.39 is 0 Å². The second kappa shape index (κ2) is 11.2. The molecule has 0 saturated carbocycles. The number of rotatable bonds is 2. The second-order valence-corrected chi connectivity index (χ2v) is 17.1. The van der Waals surface area contributed by atoms with Gasteiger partial charge < -0.3 is 19.2 Å². The van der Waals surface area contributed by atoms with Gasteiger partial charge in [0.2, 0.25) is 0 Å². The minimum Gasteiger partial charge on any atom is -0.449 e. The van der Waals surface area contributed by atoms with E-state index in [0.29, 0.717) is 5.75 Å². The van der Waals surface area contributed by atoms with Crippen LogP contribution in [0.5, 0.6) is 23.0 Å². The minimum absolute atomic E-state index is 0.123. The standard InChI is InChI=1S/C51H33BN2O2S/c1-51(2)37-16-7-6-15-33(37)35-27-36-34-28-43-44(56-42-20-10-9-19-41(42)55-43)29-40(34)54(32-25-23-31(24-26-32)30-13-4-3-5-14-30)52-38-17-12-22-46-49(38)53(50(47(35)51)48(36)52)39-18-8-11-21-45(39)57-46/h3-29H,1-2H3. The molecule has 5 aliphatic rings. The molecule has 6 heteroatoms. The molecule has 13 rings (SSSR count). The Morgan fingerprint density at radius 1 is 0.509 bits per heavy atom. The van der Waals surface area contributed by atoms with Crippen LogP contribution in [0.4, 0.5) is 28.4 Å². The fourth-order valence-electron chi connectivity index (χ4n) is 10.2. The summed E-state index contributed by atoms with van der Waals surface area (Å²) in [7, 11) is 0. The third-order valence-corrected chi connectivity index (χ3v) is 13.8. The first-order valence-corrected chi connectivity index (χ1v) is 20.4. The first kappa shape index (κ1) is 31.6. The van der Waals surface area contributed by atoms with E-state index in [4.69, 9.17) is 9.47 Å². The van der Waals surface area contributed by atoms with Crippen molar-refractivity contribution in [1.82, 2.24) is 0 Å². The molecule has 0 N–H and O–H groups in total. The topological polar surface area (TPSA) is 24.9 Å². The lowest BCUT2D eigenvalue weighted by Gasteiger charge is -2.49. The maximum absolute atomic E-state index is 6.66. The summed E-state index contributed by atoms with van der Waals surface area (Å²) in [6, 6.07) is 59.5. The van der Waals surface area contributed by atoms with Gasteiger partial charge in [-0.25, -0.2) is 0 Å². The van der Waals surface area contributed by atoms with Crippen molar-refractivity contribution in [3.8, 4) is 56.4 Å². The molecule has 8 aromatic carbocycles. The molecule has 8 aromatic rings. The third-order valence-electron chi connectivity index (χ3n) is 12.6. The molecule has 0 saturated heterocycles. The molecule has 57 heavy (non-hydrogen) atoms. The largest absolute Gasteiger partial charge is 0.449 e. The van der Waals surface area contributed by atoms with E-state index in [-0.39, 0.29) is 12.3 Å². The first-order chi connectivity index (χ1) is 28.0. The number of hydrogen-bond acceptors (Lipinski definition) is 5. The molecule has 0 amide bonds. The number of para-hydroxylation sites is 4. The van der Waals surface area contributed by atoms with Gasteiger partial charge >= 0.3 is 6.85 Å². The van der Waals surface area contributed by atoms with E-state index in [9.17, 15) is 0 Å². The molecule has 0 aromatic heterocycles. The quantitative estimate of drug-likeness (QED) is 0.164. The normalized spacial score (nSPS) is 15.1. The Bertz CT molecular complexity index is 3050. The van der Waals surface area contributed by atoms with Crippen molar-refractivity contribution in [3.63, 3.8) is 0 Å². The van der Waals surface area contributed by atoms with E-state index in [1.165, 1.54) is 76.7 Å². The maximum Gasteiger partial charge on any atom is 0.333 e. The molecule has 268 valence electrons. The van der Waals surface area contributed by atoms with Crippen molar-refractivity contribution in [1.29, 1.82) is 0 Å². The van der Waals surface area contributed by atoms with Gasteiger partial charge in [-0.2, -0.15) is 0 Å². The predicted molar refractivity (Wildman–Crippen MR) is 234 cm³/mol. The molecule has 4 aliphatic heterocycles. The highest BCUT2D eigenvalue weighted by Crippen LogP contribution is 2.61. The Hall–Kier alpha value is -6.63. The van der Waals surface area contributed by atoms with E-state index in [1.807, 2.05) is 36.0 Å². The van der Waals surface area contributed by atoms with Gasteiger partial charge in [0.05, 0.1) is 11.4 Å². The summed E-state index contributed by atoms with van der Waals surface area (Å²) in [5.41, 5.74) is 18.4. The summed E-state index contributed by atoms with van der Waals surface area (Å²) < 4.78 is 13.3. The number of nitrogens with zero attached hydrogens (tertiary/aromatic N) is 2. The maximum atomic E-state index is 6.66. The lowest BCUT2D eigenvalue weighted by atomic mass is 9.43. The Kier molecular flexibility index (Phi) is 6.23. The molecule has 0 unspecified atom stereocenters. The Morgan fingerprint density at radius 2 is 1.19 bits per heavy atom. The molecule has 0 atom stereocenters. The molecule has 0 spiro atoms. The van der Waals surface area contributed by atoms with E-state index in [1.54, 1.807) is 0 Å². The van der Waals surface area contributed by atoms with Crippen LogP contribution >= 0.6 is 11.8 Å². The lowest BCUT2D eigenvalue weighted by Crippen LogP contribution is -2.62. The Labute approximate surface area is 336 Å². The zero-order valence-corrected chi connectivity index (χ0v) is 32.1. The summed E-state index contributed by atoms with van der Waals surface area (Å²) in [4.78, 5) is 7.73. The predicted octanol–water partition coefficient (Wildman–Crippen LogP) is 12.7. The van der Waals surface area contributed by atoms with Gasteiger partial charge in [0, 0.05) is 43.9 Å². The molecular weight excluding hydrogens is 715 g/mol. The second-order valence-electron chi connectivity index (χ2n) is 16.0. The minimum atomic E-state index is -0.244. The Balaban J connectivity index is 1.16. The van der Waals surface area contributed by atoms with Gasteiger partial charge in [-0.3, -0.25) is 0 Å². The number of fused-ring (bicyclic) bond motifs is 12. The number of ether oxygens (including phenoxy) is 2. The van der Waals surface area contributed by atoms with Gasteiger partial charge in [-0.1, -0.05) is 129 Å². The summed E-state index contributed by atoms with van der Waals surface area (Å²) in [5.74, 6) is 2.88. The van der Waals surface area contributed by atoms with Crippen LogP contribution in [0.2, 0.25) is 0 Å². The monoisotopic (exact) mass is 748 g/mol. The van der Waals surface area contributed by atoms with Crippen molar-refractivity contribution in [2.24, 2.45) is 0 Å². The average Bonchev–Trinajstić information content (AvgIpc) is 3.49. The zero-order valence-electron chi connectivity index (χ0n) is 31.3.